The Kier molecular flexibility index (Phi) is 7.70. The normalized spacial score (nSPS) is 18.9. The molecule has 2 aromatic rings. The molecule has 0 atom stereocenters. The van der Waals surface area contributed by atoms with Crippen LogP contribution in [0.2, 0.25) is 0 Å². The maximum Gasteiger partial charge on any atom is 0.241 e. The summed E-state index contributed by atoms with van der Waals surface area (Å²) in [4.78, 5) is 21.9. The molecule has 0 saturated carbocycles. The second-order valence-corrected chi connectivity index (χ2v) is 8.92. The molecule has 1 amide bonds. The molecule has 0 spiro atoms. The van der Waals surface area contributed by atoms with E-state index < -0.39 is 0 Å². The summed E-state index contributed by atoms with van der Waals surface area (Å²) in [5.74, 6) is 1.63. The SMILES string of the molecule is Cc1ccccc1-c1noc(CN2CCC(C(=O)NCCCN3CCCCC3)CC2)n1. The van der Waals surface area contributed by atoms with Crippen LogP contribution >= 0.6 is 0 Å². The van der Waals surface area contributed by atoms with Gasteiger partial charge >= 0.3 is 0 Å². The molecular formula is C24H35N5O2. The topological polar surface area (TPSA) is 74.5 Å². The minimum Gasteiger partial charge on any atom is -0.356 e. The highest BCUT2D eigenvalue weighted by Gasteiger charge is 2.26. The van der Waals surface area contributed by atoms with Crippen LogP contribution in [0.25, 0.3) is 11.4 Å². The van der Waals surface area contributed by atoms with Crippen molar-refractivity contribution < 1.29 is 9.32 Å². The molecule has 3 heterocycles. The molecule has 4 rings (SSSR count). The lowest BCUT2D eigenvalue weighted by atomic mass is 9.96. The molecule has 2 saturated heterocycles. The molecule has 0 unspecified atom stereocenters. The third kappa shape index (κ3) is 6.14. The van der Waals surface area contributed by atoms with Crippen LogP contribution < -0.4 is 5.32 Å². The molecule has 1 aromatic carbocycles. The van der Waals surface area contributed by atoms with Crippen LogP contribution in [0.4, 0.5) is 0 Å². The van der Waals surface area contributed by atoms with Crippen molar-refractivity contribution in [3.63, 3.8) is 0 Å². The van der Waals surface area contributed by atoms with Gasteiger partial charge in [0, 0.05) is 18.0 Å². The first-order valence-corrected chi connectivity index (χ1v) is 11.8. The third-order valence-corrected chi connectivity index (χ3v) is 6.57. The lowest BCUT2D eigenvalue weighted by molar-refractivity contribution is -0.126. The highest BCUT2D eigenvalue weighted by atomic mass is 16.5. The number of carbonyl (C=O) groups is 1. The maximum atomic E-state index is 12.5. The van der Waals surface area contributed by atoms with Crippen LogP contribution in [0.15, 0.2) is 28.8 Å². The standard InChI is InChI=1S/C24H35N5O2/c1-19-8-3-4-9-21(19)23-26-22(31-27-23)18-29-16-10-20(11-17-29)24(30)25-12-7-15-28-13-5-2-6-14-28/h3-4,8-9,20H,2,5-7,10-18H2,1H3,(H,25,30). The summed E-state index contributed by atoms with van der Waals surface area (Å²) in [5, 5.41) is 7.31. The average Bonchev–Trinajstić information content (AvgIpc) is 3.26. The van der Waals surface area contributed by atoms with Gasteiger partial charge in [-0.3, -0.25) is 9.69 Å². The number of nitrogens with one attached hydrogen (secondary N) is 1. The first-order valence-electron chi connectivity index (χ1n) is 11.8. The number of aryl methyl sites for hydroxylation is 1. The van der Waals surface area contributed by atoms with E-state index >= 15 is 0 Å². The summed E-state index contributed by atoms with van der Waals surface area (Å²) >= 11 is 0. The van der Waals surface area contributed by atoms with Crippen molar-refractivity contribution in [1.82, 2.24) is 25.3 Å². The number of nitrogens with zero attached hydrogens (tertiary/aromatic N) is 4. The molecule has 168 valence electrons. The third-order valence-electron chi connectivity index (χ3n) is 6.57. The molecule has 2 aliphatic heterocycles. The second-order valence-electron chi connectivity index (χ2n) is 8.92. The van der Waals surface area contributed by atoms with Gasteiger partial charge in [0.2, 0.25) is 17.6 Å². The first kappa shape index (κ1) is 22.0. The van der Waals surface area contributed by atoms with E-state index in [0.717, 1.165) is 56.6 Å². The highest BCUT2D eigenvalue weighted by molar-refractivity contribution is 5.78. The quantitative estimate of drug-likeness (QED) is 0.655. The van der Waals surface area contributed by atoms with E-state index in [2.05, 4.69) is 38.2 Å². The van der Waals surface area contributed by atoms with Crippen LogP contribution in [0.1, 0.15) is 50.0 Å². The van der Waals surface area contributed by atoms with Gasteiger partial charge in [-0.1, -0.05) is 35.8 Å². The Bertz CT molecular complexity index is 838. The van der Waals surface area contributed by atoms with Gasteiger partial charge in [0.05, 0.1) is 6.54 Å². The highest BCUT2D eigenvalue weighted by Crippen LogP contribution is 2.22. The monoisotopic (exact) mass is 425 g/mol. The maximum absolute atomic E-state index is 12.5. The smallest absolute Gasteiger partial charge is 0.241 e. The lowest BCUT2D eigenvalue weighted by Crippen LogP contribution is -2.41. The fourth-order valence-electron chi connectivity index (χ4n) is 4.64. The molecule has 1 aromatic heterocycles. The number of likely N-dealkylation sites (tertiary alicyclic amines) is 2. The summed E-state index contributed by atoms with van der Waals surface area (Å²) < 4.78 is 5.48. The van der Waals surface area contributed by atoms with Gasteiger partial charge in [0.1, 0.15) is 0 Å². The van der Waals surface area contributed by atoms with E-state index in [9.17, 15) is 4.79 Å². The number of rotatable bonds is 8. The fraction of sp³-hybridized carbons (Fsp3) is 0.625. The average molecular weight is 426 g/mol. The van der Waals surface area contributed by atoms with E-state index in [-0.39, 0.29) is 11.8 Å². The molecular weight excluding hydrogens is 390 g/mol. The molecule has 2 fully saturated rings. The molecule has 0 aliphatic carbocycles. The summed E-state index contributed by atoms with van der Waals surface area (Å²) in [6, 6.07) is 8.06. The van der Waals surface area contributed by atoms with Crippen molar-refractivity contribution in [1.29, 1.82) is 0 Å². The van der Waals surface area contributed by atoms with E-state index in [4.69, 9.17) is 4.52 Å². The molecule has 7 heteroatoms. The number of benzene rings is 1. The molecule has 2 aliphatic rings. The predicted molar refractivity (Wildman–Crippen MR) is 120 cm³/mol. The van der Waals surface area contributed by atoms with Gasteiger partial charge in [-0.15, -0.1) is 0 Å². The minimum atomic E-state index is 0.122. The van der Waals surface area contributed by atoms with Gasteiger partial charge in [0.25, 0.3) is 0 Å². The zero-order valence-corrected chi connectivity index (χ0v) is 18.7. The number of carbonyl (C=O) groups excluding carboxylic acids is 1. The van der Waals surface area contributed by atoms with Gasteiger partial charge in [0.15, 0.2) is 0 Å². The largest absolute Gasteiger partial charge is 0.356 e. The zero-order chi connectivity index (χ0) is 21.5. The van der Waals surface area contributed by atoms with Crippen molar-refractivity contribution in [2.45, 2.75) is 52.0 Å². The number of hydrogen-bond acceptors (Lipinski definition) is 6. The summed E-state index contributed by atoms with van der Waals surface area (Å²) in [6.07, 6.45) is 6.83. The Morgan fingerprint density at radius 3 is 2.65 bits per heavy atom. The van der Waals surface area contributed by atoms with Gasteiger partial charge in [-0.25, -0.2) is 0 Å². The Morgan fingerprint density at radius 2 is 1.87 bits per heavy atom. The molecule has 31 heavy (non-hydrogen) atoms. The van der Waals surface area contributed by atoms with Crippen LogP contribution in [-0.2, 0) is 11.3 Å². The minimum absolute atomic E-state index is 0.122. The van der Waals surface area contributed by atoms with Crippen LogP contribution in [0.3, 0.4) is 0 Å². The fourth-order valence-corrected chi connectivity index (χ4v) is 4.64. The van der Waals surface area contributed by atoms with E-state index in [1.54, 1.807) is 0 Å². The Balaban J connectivity index is 1.16. The predicted octanol–water partition coefficient (Wildman–Crippen LogP) is 3.25. The van der Waals surface area contributed by atoms with Crippen molar-refractivity contribution in [2.24, 2.45) is 5.92 Å². The van der Waals surface area contributed by atoms with Gasteiger partial charge in [-0.05, 0) is 77.3 Å². The Labute approximate surface area is 185 Å². The number of hydrogen-bond donors (Lipinski definition) is 1. The number of piperidine rings is 2. The van der Waals surface area contributed by atoms with Crippen LogP contribution in [0.5, 0.6) is 0 Å². The molecule has 1 N–H and O–H groups in total. The van der Waals surface area contributed by atoms with Gasteiger partial charge in [-0.2, -0.15) is 4.98 Å². The number of aromatic nitrogens is 2. The molecule has 0 bridgehead atoms. The van der Waals surface area contributed by atoms with E-state index in [1.807, 2.05) is 18.2 Å². The second kappa shape index (κ2) is 10.9. The van der Waals surface area contributed by atoms with E-state index in [1.165, 1.54) is 32.4 Å². The van der Waals surface area contributed by atoms with Crippen LogP contribution in [-0.4, -0.2) is 65.1 Å². The first-order chi connectivity index (χ1) is 15.2. The van der Waals surface area contributed by atoms with Crippen molar-refractivity contribution in [3.05, 3.63) is 35.7 Å². The zero-order valence-electron chi connectivity index (χ0n) is 18.7. The lowest BCUT2D eigenvalue weighted by Gasteiger charge is -2.30. The summed E-state index contributed by atoms with van der Waals surface area (Å²) in [6.45, 7) is 8.80. The Morgan fingerprint density at radius 1 is 1.10 bits per heavy atom. The van der Waals surface area contributed by atoms with E-state index in [0.29, 0.717) is 18.3 Å². The van der Waals surface area contributed by atoms with Crippen molar-refractivity contribution in [3.8, 4) is 11.4 Å². The van der Waals surface area contributed by atoms with Crippen molar-refractivity contribution in [2.75, 3.05) is 39.3 Å². The van der Waals surface area contributed by atoms with Crippen molar-refractivity contribution >= 4 is 5.91 Å². The van der Waals surface area contributed by atoms with Gasteiger partial charge < -0.3 is 14.7 Å². The number of amides is 1. The summed E-state index contributed by atoms with van der Waals surface area (Å²) in [5.41, 5.74) is 2.14. The van der Waals surface area contributed by atoms with Crippen LogP contribution in [0, 0.1) is 12.8 Å². The molecule has 7 nitrogen and oxygen atoms in total. The summed E-state index contributed by atoms with van der Waals surface area (Å²) in [7, 11) is 0. The molecule has 0 radical (unpaired) electrons. The Hall–Kier alpha value is -2.25.